The summed E-state index contributed by atoms with van der Waals surface area (Å²) < 4.78 is 17.6. The number of furan rings is 1. The summed E-state index contributed by atoms with van der Waals surface area (Å²) in [4.78, 5) is 11.6. The van der Waals surface area contributed by atoms with E-state index in [0.29, 0.717) is 5.76 Å². The van der Waals surface area contributed by atoms with Gasteiger partial charge in [-0.25, -0.2) is 4.39 Å². The molecule has 0 amide bonds. The summed E-state index contributed by atoms with van der Waals surface area (Å²) in [5.41, 5.74) is 0.776. The number of Topliss-reactive ketones (excluding diaryl/α,β-unsaturated/α-hetero) is 1. The Balaban J connectivity index is 2.09. The molecular weight excluding hydrogens is 195 g/mol. The highest BCUT2D eigenvalue weighted by molar-refractivity contribution is 5.94. The maximum atomic E-state index is 12.6. The maximum absolute atomic E-state index is 12.6. The molecule has 0 aliphatic heterocycles. The van der Waals surface area contributed by atoms with Crippen LogP contribution in [0.3, 0.4) is 0 Å². The molecule has 15 heavy (non-hydrogen) atoms. The van der Waals surface area contributed by atoms with Crippen molar-refractivity contribution in [1.29, 1.82) is 0 Å². The third kappa shape index (κ3) is 2.31. The van der Waals surface area contributed by atoms with Crippen molar-refractivity contribution < 1.29 is 13.6 Å². The third-order valence-electron chi connectivity index (χ3n) is 2.07. The Labute approximate surface area is 86.3 Å². The van der Waals surface area contributed by atoms with Crippen molar-refractivity contribution in [3.8, 4) is 0 Å². The molecule has 76 valence electrons. The van der Waals surface area contributed by atoms with Crippen LogP contribution in [0.25, 0.3) is 0 Å². The lowest BCUT2D eigenvalue weighted by molar-refractivity contribution is 0.0966. The average molecular weight is 204 g/mol. The summed E-state index contributed by atoms with van der Waals surface area (Å²) in [6, 6.07) is 9.14. The van der Waals surface area contributed by atoms with Gasteiger partial charge in [0.05, 0.1) is 6.26 Å². The Kier molecular flexibility index (Phi) is 2.63. The van der Waals surface area contributed by atoms with E-state index in [2.05, 4.69) is 0 Å². The molecule has 2 rings (SSSR count). The van der Waals surface area contributed by atoms with E-state index in [4.69, 9.17) is 4.42 Å². The summed E-state index contributed by atoms with van der Waals surface area (Å²) in [7, 11) is 0. The molecule has 2 aromatic rings. The van der Waals surface area contributed by atoms with Crippen LogP contribution in [0.1, 0.15) is 16.1 Å². The van der Waals surface area contributed by atoms with Crippen molar-refractivity contribution in [2.45, 2.75) is 6.42 Å². The summed E-state index contributed by atoms with van der Waals surface area (Å²) in [5.74, 6) is -0.0740. The predicted molar refractivity (Wildman–Crippen MR) is 53.1 cm³/mol. The fourth-order valence-electron chi connectivity index (χ4n) is 1.31. The SMILES string of the molecule is O=C(Cc1ccc(F)cc1)c1ccco1. The van der Waals surface area contributed by atoms with E-state index in [1.807, 2.05) is 0 Å². The van der Waals surface area contributed by atoms with E-state index >= 15 is 0 Å². The van der Waals surface area contributed by atoms with Crippen molar-refractivity contribution in [2.75, 3.05) is 0 Å². The van der Waals surface area contributed by atoms with E-state index in [1.54, 1.807) is 24.3 Å². The Hall–Kier alpha value is -1.90. The van der Waals surface area contributed by atoms with E-state index in [-0.39, 0.29) is 18.0 Å². The molecule has 0 N–H and O–H groups in total. The van der Waals surface area contributed by atoms with Crippen LogP contribution < -0.4 is 0 Å². The van der Waals surface area contributed by atoms with Crippen molar-refractivity contribution in [2.24, 2.45) is 0 Å². The predicted octanol–water partition coefficient (Wildman–Crippen LogP) is 2.84. The largest absolute Gasteiger partial charge is 0.461 e. The molecule has 0 aliphatic rings. The molecule has 0 saturated heterocycles. The Bertz CT molecular complexity index is 443. The molecule has 0 saturated carbocycles. The fraction of sp³-hybridized carbons (Fsp3) is 0.0833. The number of carbonyl (C=O) groups is 1. The van der Waals surface area contributed by atoms with Gasteiger partial charge in [-0.15, -0.1) is 0 Å². The van der Waals surface area contributed by atoms with Gasteiger partial charge < -0.3 is 4.42 Å². The smallest absolute Gasteiger partial charge is 0.202 e. The summed E-state index contributed by atoms with van der Waals surface area (Å²) in [6.07, 6.45) is 1.69. The zero-order chi connectivity index (χ0) is 10.7. The second kappa shape index (κ2) is 4.09. The molecule has 0 radical (unpaired) electrons. The van der Waals surface area contributed by atoms with Crippen LogP contribution in [-0.4, -0.2) is 5.78 Å². The van der Waals surface area contributed by atoms with Crippen LogP contribution in [0.4, 0.5) is 4.39 Å². The van der Waals surface area contributed by atoms with Gasteiger partial charge in [0.15, 0.2) is 5.76 Å². The highest BCUT2D eigenvalue weighted by Crippen LogP contribution is 2.08. The first-order valence-electron chi connectivity index (χ1n) is 4.57. The van der Waals surface area contributed by atoms with Crippen LogP contribution in [0, 0.1) is 5.82 Å². The zero-order valence-corrected chi connectivity index (χ0v) is 7.94. The maximum Gasteiger partial charge on any atom is 0.202 e. The zero-order valence-electron chi connectivity index (χ0n) is 7.94. The van der Waals surface area contributed by atoms with Gasteiger partial charge in [0.2, 0.25) is 5.78 Å². The second-order valence-electron chi connectivity index (χ2n) is 3.20. The van der Waals surface area contributed by atoms with E-state index in [1.165, 1.54) is 18.4 Å². The average Bonchev–Trinajstić information content (AvgIpc) is 2.74. The molecule has 0 fully saturated rings. The normalized spacial score (nSPS) is 10.2. The second-order valence-corrected chi connectivity index (χ2v) is 3.20. The van der Waals surface area contributed by atoms with Crippen LogP contribution in [-0.2, 0) is 6.42 Å². The first kappa shape index (κ1) is 9.65. The highest BCUT2D eigenvalue weighted by atomic mass is 19.1. The number of carbonyl (C=O) groups excluding carboxylic acids is 1. The topological polar surface area (TPSA) is 30.2 Å². The van der Waals surface area contributed by atoms with Crippen molar-refractivity contribution in [3.05, 3.63) is 59.8 Å². The van der Waals surface area contributed by atoms with E-state index in [0.717, 1.165) is 5.56 Å². The lowest BCUT2D eigenvalue weighted by Crippen LogP contribution is -2.01. The molecule has 3 heteroatoms. The van der Waals surface area contributed by atoms with Crippen molar-refractivity contribution in [1.82, 2.24) is 0 Å². The minimum absolute atomic E-state index is 0.105. The first-order chi connectivity index (χ1) is 7.25. The van der Waals surface area contributed by atoms with Gasteiger partial charge in [-0.05, 0) is 29.8 Å². The summed E-state index contributed by atoms with van der Waals surface area (Å²) in [5, 5.41) is 0. The van der Waals surface area contributed by atoms with E-state index < -0.39 is 0 Å². The van der Waals surface area contributed by atoms with Gasteiger partial charge in [-0.3, -0.25) is 4.79 Å². The van der Waals surface area contributed by atoms with Crippen LogP contribution in [0.5, 0.6) is 0 Å². The minimum Gasteiger partial charge on any atom is -0.461 e. The Morgan fingerprint density at radius 3 is 2.53 bits per heavy atom. The quantitative estimate of drug-likeness (QED) is 0.719. The molecule has 0 aliphatic carbocycles. The Morgan fingerprint density at radius 2 is 1.93 bits per heavy atom. The molecular formula is C12H9FO2. The van der Waals surface area contributed by atoms with Gasteiger partial charge in [-0.1, -0.05) is 12.1 Å². The minimum atomic E-state index is -0.302. The van der Waals surface area contributed by atoms with E-state index in [9.17, 15) is 9.18 Å². The first-order valence-corrected chi connectivity index (χ1v) is 4.57. The van der Waals surface area contributed by atoms with Crippen molar-refractivity contribution in [3.63, 3.8) is 0 Å². The number of hydrogen-bond donors (Lipinski definition) is 0. The van der Waals surface area contributed by atoms with Crippen LogP contribution >= 0.6 is 0 Å². The van der Waals surface area contributed by atoms with Gasteiger partial charge >= 0.3 is 0 Å². The van der Waals surface area contributed by atoms with Crippen LogP contribution in [0.15, 0.2) is 47.1 Å². The molecule has 1 aromatic heterocycles. The molecule has 0 atom stereocenters. The molecule has 0 bridgehead atoms. The number of hydrogen-bond acceptors (Lipinski definition) is 2. The highest BCUT2D eigenvalue weighted by Gasteiger charge is 2.09. The van der Waals surface area contributed by atoms with Gasteiger partial charge in [0.1, 0.15) is 5.82 Å². The molecule has 1 aromatic carbocycles. The van der Waals surface area contributed by atoms with Gasteiger partial charge in [0, 0.05) is 6.42 Å². The Morgan fingerprint density at radius 1 is 1.20 bits per heavy atom. The molecule has 1 heterocycles. The standard InChI is InChI=1S/C12H9FO2/c13-10-5-3-9(4-6-10)8-11(14)12-2-1-7-15-12/h1-7H,8H2. The molecule has 0 unspecified atom stereocenters. The van der Waals surface area contributed by atoms with Gasteiger partial charge in [-0.2, -0.15) is 0 Å². The summed E-state index contributed by atoms with van der Waals surface area (Å²) >= 11 is 0. The van der Waals surface area contributed by atoms with Gasteiger partial charge in [0.25, 0.3) is 0 Å². The molecule has 0 spiro atoms. The lowest BCUT2D eigenvalue weighted by atomic mass is 10.1. The number of benzene rings is 1. The van der Waals surface area contributed by atoms with Crippen molar-refractivity contribution >= 4 is 5.78 Å². The van der Waals surface area contributed by atoms with Crippen LogP contribution in [0.2, 0.25) is 0 Å². The monoisotopic (exact) mass is 204 g/mol. The third-order valence-corrected chi connectivity index (χ3v) is 2.07. The fourth-order valence-corrected chi connectivity index (χ4v) is 1.31. The number of halogens is 1. The lowest BCUT2D eigenvalue weighted by Gasteiger charge is -1.98. The number of ketones is 1. The summed E-state index contributed by atoms with van der Waals surface area (Å²) in [6.45, 7) is 0. The number of rotatable bonds is 3. The molecule has 2 nitrogen and oxygen atoms in total.